The van der Waals surface area contributed by atoms with Crippen LogP contribution in [-0.4, -0.2) is 23.3 Å². The molecule has 2 saturated carbocycles. The molecule has 0 radical (unpaired) electrons. The van der Waals surface area contributed by atoms with Crippen molar-refractivity contribution in [2.24, 2.45) is 0 Å². The summed E-state index contributed by atoms with van der Waals surface area (Å²) >= 11 is 6.20. The highest BCUT2D eigenvalue weighted by Crippen LogP contribution is 2.40. The van der Waals surface area contributed by atoms with Gasteiger partial charge < -0.3 is 10.4 Å². The molecule has 0 atom stereocenters. The Kier molecular flexibility index (Phi) is 3.35. The van der Waals surface area contributed by atoms with Gasteiger partial charge in [0.2, 0.25) is 0 Å². The summed E-state index contributed by atoms with van der Waals surface area (Å²) in [5, 5.41) is 14.4. The Morgan fingerprint density at radius 3 is 2.61 bits per heavy atom. The Morgan fingerprint density at radius 2 is 2.00 bits per heavy atom. The molecule has 0 spiro atoms. The predicted molar refractivity (Wildman–Crippen MR) is 74.0 cm³/mol. The van der Waals surface area contributed by atoms with Gasteiger partial charge in [0.15, 0.2) is 0 Å². The third kappa shape index (κ3) is 2.42. The van der Waals surface area contributed by atoms with Crippen LogP contribution < -0.4 is 5.32 Å². The van der Waals surface area contributed by atoms with Crippen LogP contribution >= 0.6 is 11.6 Å². The van der Waals surface area contributed by atoms with Gasteiger partial charge in [0.25, 0.3) is 0 Å². The quantitative estimate of drug-likeness (QED) is 0.877. The molecule has 0 amide bonds. The van der Waals surface area contributed by atoms with Crippen molar-refractivity contribution in [1.82, 2.24) is 5.32 Å². The second-order valence-electron chi connectivity index (χ2n) is 5.85. The Labute approximate surface area is 113 Å². The predicted octanol–water partition coefficient (Wildman–Crippen LogP) is 3.09. The second-order valence-corrected chi connectivity index (χ2v) is 6.25. The molecule has 2 nitrogen and oxygen atoms in total. The lowest BCUT2D eigenvalue weighted by Crippen LogP contribution is -2.51. The van der Waals surface area contributed by atoms with Crippen molar-refractivity contribution in [3.05, 3.63) is 34.9 Å². The van der Waals surface area contributed by atoms with Crippen molar-refractivity contribution in [2.45, 2.75) is 49.7 Å². The van der Waals surface area contributed by atoms with Gasteiger partial charge in [-0.2, -0.15) is 0 Å². The standard InChI is InChI=1S/C15H20ClNO/c16-14-5-2-1-4-13(14)11-8-12(9-11)17-10-15(18)6-3-7-15/h1-2,4-5,11-12,17-18H,3,6-10H2. The summed E-state index contributed by atoms with van der Waals surface area (Å²) in [7, 11) is 0. The minimum atomic E-state index is -0.407. The zero-order chi connectivity index (χ0) is 12.6. The normalized spacial score (nSPS) is 29.4. The maximum Gasteiger partial charge on any atom is 0.0771 e. The van der Waals surface area contributed by atoms with Gasteiger partial charge in [-0.05, 0) is 49.7 Å². The first-order valence-electron chi connectivity index (χ1n) is 6.86. The monoisotopic (exact) mass is 265 g/mol. The Bertz CT molecular complexity index is 424. The van der Waals surface area contributed by atoms with E-state index in [0.29, 0.717) is 12.0 Å². The molecule has 0 unspecified atom stereocenters. The van der Waals surface area contributed by atoms with E-state index in [2.05, 4.69) is 17.4 Å². The lowest BCUT2D eigenvalue weighted by atomic mass is 9.74. The molecule has 0 bridgehead atoms. The summed E-state index contributed by atoms with van der Waals surface area (Å²) in [6.07, 6.45) is 5.37. The van der Waals surface area contributed by atoms with Crippen LogP contribution in [0.1, 0.15) is 43.6 Å². The van der Waals surface area contributed by atoms with E-state index in [-0.39, 0.29) is 0 Å². The molecule has 1 aromatic rings. The van der Waals surface area contributed by atoms with Gasteiger partial charge in [0.1, 0.15) is 0 Å². The molecule has 0 saturated heterocycles. The highest BCUT2D eigenvalue weighted by molar-refractivity contribution is 6.31. The summed E-state index contributed by atoms with van der Waals surface area (Å²) in [6.45, 7) is 0.757. The van der Waals surface area contributed by atoms with Crippen LogP contribution in [0.3, 0.4) is 0 Å². The van der Waals surface area contributed by atoms with Gasteiger partial charge in [-0.3, -0.25) is 0 Å². The Balaban J connectivity index is 1.47. The smallest absolute Gasteiger partial charge is 0.0771 e. The van der Waals surface area contributed by atoms with Gasteiger partial charge in [0.05, 0.1) is 5.60 Å². The average molecular weight is 266 g/mol. The molecule has 2 fully saturated rings. The zero-order valence-corrected chi connectivity index (χ0v) is 11.3. The highest BCUT2D eigenvalue weighted by Gasteiger charge is 2.37. The molecular formula is C15H20ClNO. The topological polar surface area (TPSA) is 32.3 Å². The molecule has 2 N–H and O–H groups in total. The molecular weight excluding hydrogens is 246 g/mol. The van der Waals surface area contributed by atoms with Crippen molar-refractivity contribution in [3.8, 4) is 0 Å². The van der Waals surface area contributed by atoms with E-state index in [0.717, 1.165) is 37.3 Å². The van der Waals surface area contributed by atoms with Gasteiger partial charge >= 0.3 is 0 Å². The summed E-state index contributed by atoms with van der Waals surface area (Å²) in [6, 6.07) is 8.68. The third-order valence-electron chi connectivity index (χ3n) is 4.49. The third-order valence-corrected chi connectivity index (χ3v) is 4.83. The van der Waals surface area contributed by atoms with Crippen molar-refractivity contribution in [1.29, 1.82) is 0 Å². The minimum absolute atomic E-state index is 0.407. The van der Waals surface area contributed by atoms with Crippen LogP contribution in [0.4, 0.5) is 0 Å². The van der Waals surface area contributed by atoms with Gasteiger partial charge in [-0.15, -0.1) is 0 Å². The van der Waals surface area contributed by atoms with Crippen molar-refractivity contribution >= 4 is 11.6 Å². The first-order chi connectivity index (χ1) is 8.66. The molecule has 18 heavy (non-hydrogen) atoms. The molecule has 0 aromatic heterocycles. The molecule has 1 aromatic carbocycles. The SMILES string of the molecule is OC1(CNC2CC(c3ccccc3Cl)C2)CCC1. The Morgan fingerprint density at radius 1 is 1.28 bits per heavy atom. The number of halogens is 1. The van der Waals surface area contributed by atoms with E-state index in [1.54, 1.807) is 0 Å². The van der Waals surface area contributed by atoms with Gasteiger partial charge in [0, 0.05) is 17.6 Å². The fourth-order valence-corrected chi connectivity index (χ4v) is 3.23. The van der Waals surface area contributed by atoms with Crippen molar-refractivity contribution in [3.63, 3.8) is 0 Å². The summed E-state index contributed by atoms with van der Waals surface area (Å²) in [4.78, 5) is 0. The lowest BCUT2D eigenvalue weighted by molar-refractivity contribution is -0.0354. The molecule has 2 aliphatic carbocycles. The molecule has 98 valence electrons. The number of hydrogen-bond acceptors (Lipinski definition) is 2. The largest absolute Gasteiger partial charge is 0.389 e. The summed E-state index contributed by atoms with van der Waals surface area (Å²) < 4.78 is 0. The molecule has 0 aliphatic heterocycles. The van der Waals surface area contributed by atoms with Crippen LogP contribution in [0.15, 0.2) is 24.3 Å². The first-order valence-corrected chi connectivity index (χ1v) is 7.24. The van der Waals surface area contributed by atoms with E-state index in [1.807, 2.05) is 12.1 Å². The van der Waals surface area contributed by atoms with E-state index in [9.17, 15) is 5.11 Å². The van der Waals surface area contributed by atoms with E-state index >= 15 is 0 Å². The van der Waals surface area contributed by atoms with Crippen LogP contribution in [0, 0.1) is 0 Å². The first kappa shape index (κ1) is 12.5. The fraction of sp³-hybridized carbons (Fsp3) is 0.600. The number of benzene rings is 1. The molecule has 3 heteroatoms. The number of aliphatic hydroxyl groups is 1. The van der Waals surface area contributed by atoms with Crippen LogP contribution in [0.5, 0.6) is 0 Å². The summed E-state index contributed by atoms with van der Waals surface area (Å²) in [5.41, 5.74) is 0.870. The van der Waals surface area contributed by atoms with E-state index in [1.165, 1.54) is 12.0 Å². The van der Waals surface area contributed by atoms with Crippen molar-refractivity contribution < 1.29 is 5.11 Å². The zero-order valence-electron chi connectivity index (χ0n) is 10.5. The van der Waals surface area contributed by atoms with Crippen molar-refractivity contribution in [2.75, 3.05) is 6.54 Å². The number of rotatable bonds is 4. The minimum Gasteiger partial charge on any atom is -0.389 e. The highest BCUT2D eigenvalue weighted by atomic mass is 35.5. The number of nitrogens with one attached hydrogen (secondary N) is 1. The van der Waals surface area contributed by atoms with Crippen LogP contribution in [0.25, 0.3) is 0 Å². The number of hydrogen-bond donors (Lipinski definition) is 2. The van der Waals surface area contributed by atoms with Gasteiger partial charge in [-0.1, -0.05) is 29.8 Å². The van der Waals surface area contributed by atoms with E-state index < -0.39 is 5.60 Å². The maximum absolute atomic E-state index is 10.0. The average Bonchev–Trinajstić information content (AvgIpc) is 2.27. The molecule has 3 rings (SSSR count). The van der Waals surface area contributed by atoms with E-state index in [4.69, 9.17) is 11.6 Å². The van der Waals surface area contributed by atoms with Crippen LogP contribution in [0.2, 0.25) is 5.02 Å². The molecule has 0 heterocycles. The molecule has 2 aliphatic rings. The lowest BCUT2D eigenvalue weighted by Gasteiger charge is -2.42. The maximum atomic E-state index is 10.0. The Hall–Kier alpha value is -0.570. The summed E-state index contributed by atoms with van der Waals surface area (Å²) in [5.74, 6) is 0.590. The van der Waals surface area contributed by atoms with Crippen LogP contribution in [-0.2, 0) is 0 Å². The van der Waals surface area contributed by atoms with Gasteiger partial charge in [-0.25, -0.2) is 0 Å². The fourth-order valence-electron chi connectivity index (χ4n) is 2.94. The second kappa shape index (κ2) is 4.84.